The number of benzene rings is 3. The fourth-order valence-corrected chi connectivity index (χ4v) is 4.91. The highest BCUT2D eigenvalue weighted by Gasteiger charge is 2.39. The van der Waals surface area contributed by atoms with Crippen LogP contribution in [0.25, 0.3) is 0 Å². The summed E-state index contributed by atoms with van der Waals surface area (Å²) in [6, 6.07) is 21.7. The number of carbonyl (C=O) groups excluding carboxylic acids is 4. The zero-order valence-electron chi connectivity index (χ0n) is 28.2. The van der Waals surface area contributed by atoms with Crippen LogP contribution < -0.4 is 10.6 Å². The molecule has 3 aromatic carbocycles. The first kappa shape index (κ1) is 37.1. The van der Waals surface area contributed by atoms with Crippen LogP contribution in [-0.4, -0.2) is 63.7 Å². The van der Waals surface area contributed by atoms with Crippen LogP contribution in [0.5, 0.6) is 5.75 Å². The van der Waals surface area contributed by atoms with Gasteiger partial charge in [0.15, 0.2) is 0 Å². The Labute approximate surface area is 281 Å². The number of hydrogen-bond acceptors (Lipinski definition) is 8. The number of carbonyl (C=O) groups is 4. The minimum atomic E-state index is -1.59. The largest absolute Gasteiger partial charge is 0.508 e. The van der Waals surface area contributed by atoms with Gasteiger partial charge in [0.25, 0.3) is 0 Å². The Morgan fingerprint density at radius 2 is 1.25 bits per heavy atom. The van der Waals surface area contributed by atoms with Crippen LogP contribution in [0, 0.1) is 11.3 Å². The standard InChI is InChI=1S/C37H44N4O7/c1-36(2,3)47-34(45)29(24-26-17-11-8-12-18-26)39-32(43)31(27-19-13-14-20-30(27)42)41(22-21-38)33(44)28(23-25-15-9-7-10-16-25)40-35(46)48-37(4,5)6/h7-20,28-29,31,42H,22-24H2,1-6H3,(H,39,43)(H,40,46). The number of esters is 1. The number of nitrogens with zero attached hydrogens (tertiary/aromatic N) is 2. The Morgan fingerprint density at radius 1 is 0.750 bits per heavy atom. The number of amides is 3. The first-order chi connectivity index (χ1) is 22.6. The van der Waals surface area contributed by atoms with Crippen molar-refractivity contribution in [2.24, 2.45) is 0 Å². The van der Waals surface area contributed by atoms with Gasteiger partial charge in [0, 0.05) is 18.4 Å². The molecule has 3 atom stereocenters. The van der Waals surface area contributed by atoms with Crippen LogP contribution >= 0.6 is 0 Å². The number of hydrogen-bond donors (Lipinski definition) is 3. The highest BCUT2D eigenvalue weighted by molar-refractivity contribution is 5.94. The molecule has 0 radical (unpaired) electrons. The van der Waals surface area contributed by atoms with Gasteiger partial charge in [0.1, 0.15) is 41.6 Å². The molecule has 3 unspecified atom stereocenters. The molecule has 3 rings (SSSR count). The van der Waals surface area contributed by atoms with Gasteiger partial charge < -0.3 is 30.1 Å². The Hall–Kier alpha value is -5.37. The normalized spacial score (nSPS) is 13.2. The topological polar surface area (TPSA) is 158 Å². The summed E-state index contributed by atoms with van der Waals surface area (Å²) in [6.45, 7) is 9.55. The van der Waals surface area contributed by atoms with Crippen LogP contribution in [0.2, 0.25) is 0 Å². The summed E-state index contributed by atoms with van der Waals surface area (Å²) >= 11 is 0. The molecule has 0 aliphatic heterocycles. The van der Waals surface area contributed by atoms with E-state index in [1.807, 2.05) is 12.1 Å². The van der Waals surface area contributed by atoms with Gasteiger partial charge in [0.2, 0.25) is 11.8 Å². The number of alkyl carbamates (subject to hydrolysis) is 1. The second-order valence-electron chi connectivity index (χ2n) is 13.3. The Morgan fingerprint density at radius 3 is 1.75 bits per heavy atom. The average molecular weight is 657 g/mol. The van der Waals surface area contributed by atoms with E-state index in [1.165, 1.54) is 12.1 Å². The van der Waals surface area contributed by atoms with Crippen LogP contribution in [0.1, 0.15) is 64.3 Å². The van der Waals surface area contributed by atoms with Crippen molar-refractivity contribution in [1.29, 1.82) is 5.26 Å². The molecule has 0 aliphatic rings. The molecule has 11 heteroatoms. The van der Waals surface area contributed by atoms with E-state index in [0.717, 1.165) is 10.5 Å². The number of nitrogens with one attached hydrogen (secondary N) is 2. The second-order valence-corrected chi connectivity index (χ2v) is 13.3. The maximum atomic E-state index is 14.4. The average Bonchev–Trinajstić information content (AvgIpc) is 3.00. The summed E-state index contributed by atoms with van der Waals surface area (Å²) in [7, 11) is 0. The van der Waals surface area contributed by atoms with Gasteiger partial charge >= 0.3 is 12.1 Å². The van der Waals surface area contributed by atoms with Gasteiger partial charge in [-0.1, -0.05) is 78.9 Å². The number of para-hydroxylation sites is 1. The van der Waals surface area contributed by atoms with Crippen LogP contribution in [0.3, 0.4) is 0 Å². The van der Waals surface area contributed by atoms with Crippen molar-refractivity contribution in [2.75, 3.05) is 6.54 Å². The summed E-state index contributed by atoms with van der Waals surface area (Å²) in [5.74, 6) is -2.65. The number of nitriles is 1. The molecule has 11 nitrogen and oxygen atoms in total. The molecular weight excluding hydrogens is 612 g/mol. The third-order valence-electron chi connectivity index (χ3n) is 6.88. The van der Waals surface area contributed by atoms with Crippen molar-refractivity contribution in [3.05, 3.63) is 102 Å². The fourth-order valence-electron chi connectivity index (χ4n) is 4.91. The molecule has 0 bridgehead atoms. The third-order valence-corrected chi connectivity index (χ3v) is 6.88. The van der Waals surface area contributed by atoms with Crippen molar-refractivity contribution < 1.29 is 33.8 Å². The summed E-state index contributed by atoms with van der Waals surface area (Å²) in [6.07, 6.45) is -0.798. The van der Waals surface area contributed by atoms with Crippen LogP contribution in [0.4, 0.5) is 4.79 Å². The van der Waals surface area contributed by atoms with Crippen molar-refractivity contribution in [1.82, 2.24) is 15.5 Å². The van der Waals surface area contributed by atoms with Gasteiger partial charge in [-0.2, -0.15) is 5.26 Å². The summed E-state index contributed by atoms with van der Waals surface area (Å²) in [5, 5.41) is 26.2. The van der Waals surface area contributed by atoms with Crippen LogP contribution in [-0.2, 0) is 36.7 Å². The predicted molar refractivity (Wildman–Crippen MR) is 179 cm³/mol. The van der Waals surface area contributed by atoms with Gasteiger partial charge in [-0.05, 0) is 58.7 Å². The van der Waals surface area contributed by atoms with Gasteiger partial charge in [-0.25, -0.2) is 9.59 Å². The minimum absolute atomic E-state index is 0.00446. The number of phenolic OH excluding ortho intramolecular Hbond substituents is 1. The second kappa shape index (κ2) is 16.5. The Bertz CT molecular complexity index is 1590. The minimum Gasteiger partial charge on any atom is -0.508 e. The molecule has 48 heavy (non-hydrogen) atoms. The van der Waals surface area contributed by atoms with E-state index in [-0.39, 0.29) is 24.2 Å². The van der Waals surface area contributed by atoms with E-state index in [0.29, 0.717) is 5.56 Å². The van der Waals surface area contributed by atoms with E-state index in [2.05, 4.69) is 10.6 Å². The number of phenols is 1. The molecule has 0 saturated heterocycles. The lowest BCUT2D eigenvalue weighted by molar-refractivity contribution is -0.159. The first-order valence-corrected chi connectivity index (χ1v) is 15.6. The van der Waals surface area contributed by atoms with E-state index in [9.17, 15) is 29.5 Å². The first-order valence-electron chi connectivity index (χ1n) is 15.6. The molecule has 3 aromatic rings. The molecule has 0 heterocycles. The summed E-state index contributed by atoms with van der Waals surface area (Å²) in [5.41, 5.74) is -0.293. The molecule has 0 spiro atoms. The SMILES string of the molecule is CC(C)(C)OC(=O)NC(Cc1ccccc1)C(=O)N(CC#N)C(C(=O)NC(Cc1ccccc1)C(=O)OC(C)(C)C)c1ccccc1O. The molecule has 0 saturated carbocycles. The van der Waals surface area contributed by atoms with Gasteiger partial charge in [-0.15, -0.1) is 0 Å². The smallest absolute Gasteiger partial charge is 0.408 e. The van der Waals surface area contributed by atoms with Crippen LogP contribution in [0.15, 0.2) is 84.9 Å². The maximum absolute atomic E-state index is 14.4. The third kappa shape index (κ3) is 11.5. The van der Waals surface area contributed by atoms with Gasteiger partial charge in [0.05, 0.1) is 6.07 Å². The lowest BCUT2D eigenvalue weighted by atomic mass is 9.98. The molecule has 254 valence electrons. The fraction of sp³-hybridized carbons (Fsp3) is 0.378. The van der Waals surface area contributed by atoms with Crippen molar-refractivity contribution >= 4 is 23.9 Å². The van der Waals surface area contributed by atoms with E-state index >= 15 is 0 Å². The summed E-state index contributed by atoms with van der Waals surface area (Å²) < 4.78 is 11.1. The Kier molecular flexibility index (Phi) is 12.7. The highest BCUT2D eigenvalue weighted by Crippen LogP contribution is 2.30. The lowest BCUT2D eigenvalue weighted by Gasteiger charge is -2.34. The molecule has 3 amide bonds. The van der Waals surface area contributed by atoms with Gasteiger partial charge in [-0.3, -0.25) is 9.59 Å². The Balaban J connectivity index is 2.08. The van der Waals surface area contributed by atoms with Crippen molar-refractivity contribution in [3.63, 3.8) is 0 Å². The molecule has 0 aromatic heterocycles. The van der Waals surface area contributed by atoms with E-state index < -0.39 is 59.7 Å². The lowest BCUT2D eigenvalue weighted by Crippen LogP contribution is -2.55. The van der Waals surface area contributed by atoms with Crippen molar-refractivity contribution in [3.8, 4) is 11.8 Å². The highest BCUT2D eigenvalue weighted by atomic mass is 16.6. The zero-order chi connectivity index (χ0) is 35.5. The monoisotopic (exact) mass is 656 g/mol. The molecule has 3 N–H and O–H groups in total. The zero-order valence-corrected chi connectivity index (χ0v) is 28.2. The maximum Gasteiger partial charge on any atom is 0.408 e. The van der Waals surface area contributed by atoms with Crippen molar-refractivity contribution in [2.45, 2.75) is 83.7 Å². The summed E-state index contributed by atoms with van der Waals surface area (Å²) in [4.78, 5) is 56.1. The predicted octanol–water partition coefficient (Wildman–Crippen LogP) is 4.99. The molecular formula is C37H44N4O7. The molecule has 0 aliphatic carbocycles. The van der Waals surface area contributed by atoms with E-state index in [1.54, 1.807) is 108 Å². The molecule has 0 fully saturated rings. The number of aromatic hydroxyl groups is 1. The number of ether oxygens (including phenoxy) is 2. The van der Waals surface area contributed by atoms with E-state index in [4.69, 9.17) is 9.47 Å². The number of rotatable bonds is 12. The quantitative estimate of drug-likeness (QED) is 0.182.